The molecule has 0 radical (unpaired) electrons. The number of nitriles is 1. The van der Waals surface area contributed by atoms with Crippen LogP contribution in [0.4, 0.5) is 0 Å². The van der Waals surface area contributed by atoms with Gasteiger partial charge in [-0.2, -0.15) is 0 Å². The molecule has 4 aromatic carbocycles. The monoisotopic (exact) mass is 580 g/mol. The van der Waals surface area contributed by atoms with Gasteiger partial charge in [-0.25, -0.2) is 0 Å². The van der Waals surface area contributed by atoms with E-state index in [-0.39, 0.29) is 15.5 Å². The minimum absolute atomic E-state index is 0.00366. The van der Waals surface area contributed by atoms with Crippen molar-refractivity contribution in [3.8, 4) is 6.07 Å². The number of benzene rings is 4. The van der Waals surface area contributed by atoms with Crippen LogP contribution in [0.15, 0.2) is 130 Å². The molecule has 0 aliphatic rings. The maximum absolute atomic E-state index is 14.0. The third-order valence-corrected chi connectivity index (χ3v) is 11.1. The molecule has 0 saturated carbocycles. The second-order valence-electron chi connectivity index (χ2n) is 7.46. The summed E-state index contributed by atoms with van der Waals surface area (Å²) < 4.78 is 57.3. The van der Waals surface area contributed by atoms with E-state index in [0.29, 0.717) is 14.8 Å². The van der Waals surface area contributed by atoms with Gasteiger partial charge in [0.2, 0.25) is 0 Å². The van der Waals surface area contributed by atoms with Crippen LogP contribution in [0, 0.1) is 11.3 Å². The molecule has 0 unspecified atom stereocenters. The van der Waals surface area contributed by atoms with Crippen molar-refractivity contribution < 1.29 is 16.8 Å². The average Bonchev–Trinajstić information content (AvgIpc) is 2.92. The van der Waals surface area contributed by atoms with Gasteiger partial charge in [-0.05, 0) is 0 Å². The summed E-state index contributed by atoms with van der Waals surface area (Å²) in [5, 5.41) is 9.22. The maximum atomic E-state index is 14.0. The predicted octanol–water partition coefficient (Wildman–Crippen LogP) is 3.97. The van der Waals surface area contributed by atoms with E-state index in [2.05, 4.69) is 0 Å². The summed E-state index contributed by atoms with van der Waals surface area (Å²) in [6.07, 6.45) is 0. The fourth-order valence-corrected chi connectivity index (χ4v) is 9.08. The van der Waals surface area contributed by atoms with Crippen LogP contribution in [0.25, 0.3) is 5.70 Å². The molecule has 180 valence electrons. The first-order valence-corrected chi connectivity index (χ1v) is 15.4. The van der Waals surface area contributed by atoms with E-state index in [1.54, 1.807) is 53.5 Å². The normalized spacial score (nSPS) is 12.0. The van der Waals surface area contributed by atoms with Gasteiger partial charge in [-0.3, -0.25) is 0 Å². The first kappa shape index (κ1) is 25.4. The van der Waals surface area contributed by atoms with Gasteiger partial charge in [-0.1, -0.05) is 0 Å². The third kappa shape index (κ3) is 5.43. The Bertz CT molecular complexity index is 1550. The number of sulfonamides is 2. The molecule has 0 bridgehead atoms. The first-order valence-electron chi connectivity index (χ1n) is 10.7. The molecule has 0 heterocycles. The van der Waals surface area contributed by atoms with E-state index in [0.717, 1.165) is 4.46 Å². The molecule has 0 N–H and O–H groups in total. The summed E-state index contributed by atoms with van der Waals surface area (Å²) in [5.41, 5.74) is 0.719. The first-order chi connectivity index (χ1) is 17.3. The van der Waals surface area contributed by atoms with Gasteiger partial charge in [0.05, 0.1) is 0 Å². The number of nitrogens with zero attached hydrogens (tertiary/aromatic N) is 2. The van der Waals surface area contributed by atoms with Gasteiger partial charge >= 0.3 is 218 Å². The summed E-state index contributed by atoms with van der Waals surface area (Å²) in [4.78, 5) is 1.33. The van der Waals surface area contributed by atoms with E-state index >= 15 is 0 Å². The van der Waals surface area contributed by atoms with Gasteiger partial charge < -0.3 is 0 Å². The Labute approximate surface area is 217 Å². The number of hydrogen-bond acceptors (Lipinski definition) is 5. The molecule has 36 heavy (non-hydrogen) atoms. The zero-order valence-corrected chi connectivity index (χ0v) is 22.1. The molecule has 6 nitrogen and oxygen atoms in total. The second kappa shape index (κ2) is 10.9. The molecular weight excluding hydrogens is 559 g/mol. The molecule has 0 spiro atoms. The Hall–Kier alpha value is -3.67. The molecule has 0 aromatic heterocycles. The van der Waals surface area contributed by atoms with Gasteiger partial charge in [-0.15, -0.1) is 0 Å². The quantitative estimate of drug-likeness (QED) is 0.295. The molecular formula is C27H20N2O4S2Se. The van der Waals surface area contributed by atoms with Crippen LogP contribution in [-0.4, -0.2) is 35.5 Å². The summed E-state index contributed by atoms with van der Waals surface area (Å²) in [5.74, 6) is 0. The Morgan fingerprint density at radius 3 is 1.56 bits per heavy atom. The van der Waals surface area contributed by atoms with E-state index in [9.17, 15) is 22.1 Å². The van der Waals surface area contributed by atoms with Crippen molar-refractivity contribution in [2.75, 3.05) is 0 Å². The Morgan fingerprint density at radius 2 is 1.11 bits per heavy atom. The van der Waals surface area contributed by atoms with Crippen LogP contribution in [0.2, 0.25) is 0 Å². The molecule has 0 aliphatic heterocycles. The zero-order chi connectivity index (χ0) is 25.6. The fraction of sp³-hybridized carbons (Fsp3) is 0. The van der Waals surface area contributed by atoms with Crippen molar-refractivity contribution in [3.63, 3.8) is 0 Å². The molecule has 0 atom stereocenters. The fourth-order valence-electron chi connectivity index (χ4n) is 3.32. The van der Waals surface area contributed by atoms with Crippen molar-refractivity contribution >= 4 is 45.2 Å². The molecule has 9 heteroatoms. The van der Waals surface area contributed by atoms with Gasteiger partial charge in [0.25, 0.3) is 0 Å². The molecule has 0 amide bonds. The average molecular weight is 580 g/mol. The van der Waals surface area contributed by atoms with Crippen molar-refractivity contribution in [2.24, 2.45) is 0 Å². The Balaban J connectivity index is 1.99. The van der Waals surface area contributed by atoms with Crippen LogP contribution in [0.3, 0.4) is 0 Å². The Morgan fingerprint density at radius 1 is 0.667 bits per heavy atom. The van der Waals surface area contributed by atoms with Gasteiger partial charge in [0.1, 0.15) is 0 Å². The third-order valence-electron chi connectivity index (χ3n) is 5.08. The molecule has 0 saturated heterocycles. The SMILES string of the molecule is N#Cc1ccc(/C(=C\[Se]c2ccccc2)N(S(=O)(=O)c2ccccc2)S(=O)(=O)c2ccccc2)cc1. The summed E-state index contributed by atoms with van der Waals surface area (Å²) in [6, 6.07) is 32.5. The molecule has 4 rings (SSSR count). The van der Waals surface area contributed by atoms with Gasteiger partial charge in [0.15, 0.2) is 0 Å². The summed E-state index contributed by atoms with van der Waals surface area (Å²) in [6.45, 7) is 0. The van der Waals surface area contributed by atoms with E-state index in [1.165, 1.54) is 36.4 Å². The molecule has 0 fully saturated rings. The molecule has 4 aromatic rings. The van der Waals surface area contributed by atoms with Crippen molar-refractivity contribution in [1.29, 1.82) is 5.26 Å². The Kier molecular flexibility index (Phi) is 7.72. The zero-order valence-electron chi connectivity index (χ0n) is 18.8. The minimum atomic E-state index is -4.55. The van der Waals surface area contributed by atoms with Crippen molar-refractivity contribution in [1.82, 2.24) is 3.71 Å². The van der Waals surface area contributed by atoms with E-state index < -0.39 is 35.0 Å². The van der Waals surface area contributed by atoms with E-state index in [4.69, 9.17) is 0 Å². The van der Waals surface area contributed by atoms with Crippen LogP contribution >= 0.6 is 0 Å². The van der Waals surface area contributed by atoms with E-state index in [1.807, 2.05) is 36.4 Å². The predicted molar refractivity (Wildman–Crippen MR) is 140 cm³/mol. The van der Waals surface area contributed by atoms with Crippen molar-refractivity contribution in [2.45, 2.75) is 9.79 Å². The van der Waals surface area contributed by atoms with Crippen LogP contribution in [0.5, 0.6) is 0 Å². The van der Waals surface area contributed by atoms with Crippen LogP contribution in [0.1, 0.15) is 11.1 Å². The van der Waals surface area contributed by atoms with Crippen LogP contribution in [-0.2, 0) is 20.0 Å². The molecule has 0 aliphatic carbocycles. The number of hydrogen-bond donors (Lipinski definition) is 0. The topological polar surface area (TPSA) is 95.3 Å². The van der Waals surface area contributed by atoms with Gasteiger partial charge in [0, 0.05) is 0 Å². The number of rotatable bonds is 8. The standard InChI is InChI=1S/C27H20N2O4S2Se/c28-20-22-16-18-23(19-17-22)27(21-36-26-14-8-3-9-15-26)29(34(30,31)24-10-4-1-5-11-24)35(32,33)25-12-6-2-7-13-25/h1-19,21H/b27-21+. The van der Waals surface area contributed by atoms with Crippen molar-refractivity contribution in [3.05, 3.63) is 131 Å². The summed E-state index contributed by atoms with van der Waals surface area (Å²) >= 11 is -0.402. The summed E-state index contributed by atoms with van der Waals surface area (Å²) in [7, 11) is -9.10. The second-order valence-corrected chi connectivity index (χ2v) is 13.2. The van der Waals surface area contributed by atoms with Crippen LogP contribution < -0.4 is 4.46 Å².